The number of ether oxygens (including phenoxy) is 1. The number of anilines is 2. The maximum Gasteiger partial charge on any atom is 0.304 e. The van der Waals surface area contributed by atoms with Crippen LogP contribution in [0, 0.1) is 19.7 Å². The zero-order valence-corrected chi connectivity index (χ0v) is 22.2. The molecule has 1 heterocycles. The molecule has 0 spiro atoms. The number of benzene rings is 3. The Balaban J connectivity index is 1.70. The van der Waals surface area contributed by atoms with Gasteiger partial charge in [-0.05, 0) is 79.8 Å². The van der Waals surface area contributed by atoms with Crippen LogP contribution in [0.3, 0.4) is 0 Å². The van der Waals surface area contributed by atoms with E-state index >= 15 is 0 Å². The number of rotatable bonds is 7. The normalized spacial score (nSPS) is 15.8. The third-order valence-corrected chi connectivity index (χ3v) is 7.16. The lowest BCUT2D eigenvalue weighted by atomic mass is 9.84. The van der Waals surface area contributed by atoms with E-state index in [2.05, 4.69) is 23.2 Å². The van der Waals surface area contributed by atoms with Crippen LogP contribution in [0.25, 0.3) is 0 Å². The molecule has 0 aromatic heterocycles. The molecule has 196 valence electrons. The highest BCUT2D eigenvalue weighted by molar-refractivity contribution is 5.74. The van der Waals surface area contributed by atoms with Crippen LogP contribution in [0.1, 0.15) is 59.6 Å². The molecule has 1 atom stereocenters. The first kappa shape index (κ1) is 26.5. The van der Waals surface area contributed by atoms with E-state index in [0.717, 1.165) is 39.1 Å². The lowest BCUT2D eigenvalue weighted by molar-refractivity contribution is -0.137. The van der Waals surface area contributed by atoms with Crippen molar-refractivity contribution < 1.29 is 19.0 Å². The van der Waals surface area contributed by atoms with Crippen molar-refractivity contribution in [2.75, 3.05) is 24.6 Å². The average molecular weight is 506 g/mol. The smallest absolute Gasteiger partial charge is 0.304 e. The largest absolute Gasteiger partial charge is 0.486 e. The van der Waals surface area contributed by atoms with Crippen molar-refractivity contribution in [2.45, 2.75) is 58.7 Å². The number of carboxylic acids is 1. The average Bonchev–Trinajstić information content (AvgIpc) is 2.94. The number of fused-ring (bicyclic) bond motifs is 1. The second-order valence-electron chi connectivity index (χ2n) is 10.6. The predicted molar refractivity (Wildman–Crippen MR) is 146 cm³/mol. The fraction of sp³-hybridized carbons (Fsp3) is 0.367. The minimum atomic E-state index is -0.868. The molecule has 0 aliphatic carbocycles. The zero-order valence-electron chi connectivity index (χ0n) is 22.2. The summed E-state index contributed by atoms with van der Waals surface area (Å²) >= 11 is 0. The van der Waals surface area contributed by atoms with Gasteiger partial charge in [-0.15, -0.1) is 0 Å². The van der Waals surface area contributed by atoms with Gasteiger partial charge in [0.2, 0.25) is 0 Å². The summed E-state index contributed by atoms with van der Waals surface area (Å²) in [5.74, 6) is -0.786. The van der Waals surface area contributed by atoms with Crippen LogP contribution < -0.4 is 15.8 Å². The van der Waals surface area contributed by atoms with E-state index in [1.807, 2.05) is 52.1 Å². The third kappa shape index (κ3) is 5.88. The number of nitrogens with zero attached hydrogens (tertiary/aromatic N) is 1. The molecular weight excluding hydrogens is 469 g/mol. The molecule has 1 unspecified atom stereocenters. The van der Waals surface area contributed by atoms with E-state index in [1.54, 1.807) is 6.07 Å². The second-order valence-corrected chi connectivity index (χ2v) is 10.6. The Hall–Kier alpha value is -3.58. The Morgan fingerprint density at radius 3 is 2.65 bits per heavy atom. The minimum Gasteiger partial charge on any atom is -0.486 e. The Labute approximate surface area is 218 Å². The Kier molecular flexibility index (Phi) is 7.46. The number of hydrogen-bond donors (Lipinski definition) is 3. The summed E-state index contributed by atoms with van der Waals surface area (Å²) in [6, 6.07) is 14.7. The lowest BCUT2D eigenvalue weighted by Gasteiger charge is -2.30. The van der Waals surface area contributed by atoms with E-state index in [4.69, 9.17) is 10.5 Å². The molecule has 0 radical (unpaired) electrons. The number of carbonyl (C=O) groups is 1. The van der Waals surface area contributed by atoms with Crippen LogP contribution in [-0.4, -0.2) is 35.2 Å². The van der Waals surface area contributed by atoms with E-state index in [-0.39, 0.29) is 18.2 Å². The topological polar surface area (TPSA) is 87.8 Å². The molecule has 37 heavy (non-hydrogen) atoms. The van der Waals surface area contributed by atoms with E-state index in [9.17, 15) is 14.3 Å². The molecule has 3 aromatic rings. The standard InChI is InChI=1S/C30H36FN3O3/c1-18-6-7-20(25(14-28(35)36)24-9-10-26(33-5)29(32)19(24)2)12-21(18)15-34-16-22-13-23(31)8-11-27(22)37-30(3,4)17-34/h6-13,25,33H,14-17,32H2,1-5H3,(H,35,36). The first-order valence-electron chi connectivity index (χ1n) is 12.5. The van der Waals surface area contributed by atoms with Gasteiger partial charge in [0, 0.05) is 38.2 Å². The van der Waals surface area contributed by atoms with Crippen molar-refractivity contribution in [2.24, 2.45) is 0 Å². The van der Waals surface area contributed by atoms with Crippen LogP contribution >= 0.6 is 0 Å². The summed E-state index contributed by atoms with van der Waals surface area (Å²) < 4.78 is 20.2. The highest BCUT2D eigenvalue weighted by atomic mass is 19.1. The number of nitrogens with two attached hydrogens (primary N) is 1. The molecule has 6 nitrogen and oxygen atoms in total. The Morgan fingerprint density at radius 1 is 1.19 bits per heavy atom. The van der Waals surface area contributed by atoms with Crippen LogP contribution in [0.4, 0.5) is 15.8 Å². The summed E-state index contributed by atoms with van der Waals surface area (Å²) in [6.45, 7) is 9.91. The molecule has 4 N–H and O–H groups in total. The van der Waals surface area contributed by atoms with Gasteiger partial charge >= 0.3 is 5.97 Å². The quantitative estimate of drug-likeness (QED) is 0.349. The van der Waals surface area contributed by atoms with Gasteiger partial charge in [-0.3, -0.25) is 9.69 Å². The molecule has 0 amide bonds. The van der Waals surface area contributed by atoms with Crippen LogP contribution in [-0.2, 0) is 17.9 Å². The van der Waals surface area contributed by atoms with Gasteiger partial charge in [0.25, 0.3) is 0 Å². The summed E-state index contributed by atoms with van der Waals surface area (Å²) in [5.41, 5.74) is 13.1. The molecule has 0 saturated carbocycles. The number of aryl methyl sites for hydroxylation is 1. The van der Waals surface area contributed by atoms with Gasteiger partial charge in [0.15, 0.2) is 0 Å². The van der Waals surface area contributed by atoms with E-state index < -0.39 is 11.6 Å². The predicted octanol–water partition coefficient (Wildman–Crippen LogP) is 5.85. The van der Waals surface area contributed by atoms with Gasteiger partial charge in [-0.1, -0.05) is 24.3 Å². The Morgan fingerprint density at radius 2 is 1.95 bits per heavy atom. The summed E-state index contributed by atoms with van der Waals surface area (Å²) in [5, 5.41) is 12.8. The molecule has 4 rings (SSSR count). The maximum atomic E-state index is 14.0. The van der Waals surface area contributed by atoms with E-state index in [0.29, 0.717) is 31.1 Å². The van der Waals surface area contributed by atoms with Crippen molar-refractivity contribution in [3.05, 3.63) is 87.7 Å². The number of carboxylic acid groups (broad SMARTS) is 1. The molecular formula is C30H36FN3O3. The van der Waals surface area contributed by atoms with Crippen molar-refractivity contribution in [3.63, 3.8) is 0 Å². The first-order chi connectivity index (χ1) is 17.5. The maximum absolute atomic E-state index is 14.0. The summed E-state index contributed by atoms with van der Waals surface area (Å²) in [4.78, 5) is 14.2. The highest BCUT2D eigenvalue weighted by Crippen LogP contribution is 2.37. The van der Waals surface area contributed by atoms with Gasteiger partial charge in [0.1, 0.15) is 17.2 Å². The molecule has 1 aliphatic rings. The van der Waals surface area contributed by atoms with Crippen LogP contribution in [0.2, 0.25) is 0 Å². The number of halogens is 1. The molecule has 3 aromatic carbocycles. The molecule has 0 saturated heterocycles. The number of aliphatic carboxylic acids is 1. The van der Waals surface area contributed by atoms with Crippen molar-refractivity contribution in [1.82, 2.24) is 4.90 Å². The summed E-state index contributed by atoms with van der Waals surface area (Å²) in [7, 11) is 1.81. The second kappa shape index (κ2) is 10.4. The number of hydrogen-bond acceptors (Lipinski definition) is 5. The van der Waals surface area contributed by atoms with Gasteiger partial charge in [0.05, 0.1) is 17.8 Å². The minimum absolute atomic E-state index is 0.0427. The molecule has 0 fully saturated rings. The van der Waals surface area contributed by atoms with Crippen molar-refractivity contribution >= 4 is 17.3 Å². The zero-order chi connectivity index (χ0) is 26.9. The number of nitrogen functional groups attached to an aromatic ring is 1. The van der Waals surface area contributed by atoms with Crippen LogP contribution in [0.15, 0.2) is 48.5 Å². The van der Waals surface area contributed by atoms with Gasteiger partial charge in [-0.25, -0.2) is 4.39 Å². The molecule has 0 bridgehead atoms. The Bertz CT molecular complexity index is 1320. The first-order valence-corrected chi connectivity index (χ1v) is 12.5. The molecule has 1 aliphatic heterocycles. The van der Waals surface area contributed by atoms with Gasteiger partial charge < -0.3 is 20.9 Å². The van der Waals surface area contributed by atoms with Crippen LogP contribution in [0.5, 0.6) is 5.75 Å². The number of nitrogens with one attached hydrogen (secondary N) is 1. The molecule has 7 heteroatoms. The fourth-order valence-electron chi connectivity index (χ4n) is 5.29. The fourth-order valence-corrected chi connectivity index (χ4v) is 5.29. The SMILES string of the molecule is CNc1ccc(C(CC(=O)O)c2ccc(C)c(CN3Cc4cc(F)ccc4OC(C)(C)C3)c2)c(C)c1N. The lowest BCUT2D eigenvalue weighted by Crippen LogP contribution is -2.40. The third-order valence-electron chi connectivity index (χ3n) is 7.16. The van der Waals surface area contributed by atoms with Crippen molar-refractivity contribution in [1.29, 1.82) is 0 Å². The van der Waals surface area contributed by atoms with E-state index in [1.165, 1.54) is 12.1 Å². The van der Waals surface area contributed by atoms with Gasteiger partial charge in [-0.2, -0.15) is 0 Å². The monoisotopic (exact) mass is 505 g/mol. The summed E-state index contributed by atoms with van der Waals surface area (Å²) in [6.07, 6.45) is -0.0427. The van der Waals surface area contributed by atoms with Crippen molar-refractivity contribution in [3.8, 4) is 5.75 Å². The highest BCUT2D eigenvalue weighted by Gasteiger charge is 2.30.